The van der Waals surface area contributed by atoms with Gasteiger partial charge in [0.25, 0.3) is 0 Å². The van der Waals surface area contributed by atoms with Crippen LogP contribution in [0.4, 0.5) is 15.8 Å². The molecule has 0 bridgehead atoms. The molecule has 0 atom stereocenters. The van der Waals surface area contributed by atoms with Gasteiger partial charge in [-0.2, -0.15) is 0 Å². The highest BCUT2D eigenvalue weighted by atomic mass is 35.5. The zero-order valence-corrected chi connectivity index (χ0v) is 15.8. The second-order valence-electron chi connectivity index (χ2n) is 6.51. The number of amides is 2. The summed E-state index contributed by atoms with van der Waals surface area (Å²) in [6.45, 7) is 3.84. The molecule has 0 aliphatic carbocycles. The molecule has 0 unspecified atom stereocenters. The standard InChI is InChI=1S/C20H21ClFN3O2/c1-14-6-7-15(12-16(14)21)23-19(26)13-20(27)25-10-8-24(9-11-25)18-5-3-2-4-17(18)22/h2-7,12H,8-11,13H2,1H3,(H,23,26). The number of hydrogen-bond donors (Lipinski definition) is 1. The molecule has 2 amide bonds. The van der Waals surface area contributed by atoms with E-state index in [1.165, 1.54) is 6.07 Å². The highest BCUT2D eigenvalue weighted by Crippen LogP contribution is 2.21. The van der Waals surface area contributed by atoms with E-state index < -0.39 is 0 Å². The largest absolute Gasteiger partial charge is 0.366 e. The van der Waals surface area contributed by atoms with Crippen LogP contribution in [0.5, 0.6) is 0 Å². The zero-order chi connectivity index (χ0) is 19.4. The minimum absolute atomic E-state index is 0.231. The van der Waals surface area contributed by atoms with E-state index in [-0.39, 0.29) is 24.1 Å². The second-order valence-corrected chi connectivity index (χ2v) is 6.92. The van der Waals surface area contributed by atoms with Gasteiger partial charge in [-0.1, -0.05) is 29.8 Å². The first kappa shape index (κ1) is 19.2. The zero-order valence-electron chi connectivity index (χ0n) is 15.0. The maximum absolute atomic E-state index is 13.9. The van der Waals surface area contributed by atoms with Gasteiger partial charge in [-0.25, -0.2) is 4.39 Å². The van der Waals surface area contributed by atoms with Gasteiger partial charge in [0.2, 0.25) is 11.8 Å². The van der Waals surface area contributed by atoms with E-state index >= 15 is 0 Å². The lowest BCUT2D eigenvalue weighted by atomic mass is 10.2. The quantitative estimate of drug-likeness (QED) is 0.815. The summed E-state index contributed by atoms with van der Waals surface area (Å²) in [6.07, 6.45) is -0.231. The molecule has 27 heavy (non-hydrogen) atoms. The minimum atomic E-state index is -0.378. The average molecular weight is 390 g/mol. The normalized spacial score (nSPS) is 14.2. The van der Waals surface area contributed by atoms with Crippen LogP contribution in [0.25, 0.3) is 0 Å². The Morgan fingerprint density at radius 3 is 2.48 bits per heavy atom. The predicted octanol–water partition coefficient (Wildman–Crippen LogP) is 3.46. The molecular formula is C20H21ClFN3O2. The smallest absolute Gasteiger partial charge is 0.233 e. The Balaban J connectivity index is 1.51. The first-order valence-corrected chi connectivity index (χ1v) is 9.15. The maximum atomic E-state index is 13.9. The number of nitrogens with one attached hydrogen (secondary N) is 1. The van der Waals surface area contributed by atoms with Gasteiger partial charge < -0.3 is 15.1 Å². The highest BCUT2D eigenvalue weighted by molar-refractivity contribution is 6.31. The number of para-hydroxylation sites is 1. The fourth-order valence-corrected chi connectivity index (χ4v) is 3.21. The van der Waals surface area contributed by atoms with Crippen LogP contribution in [0.1, 0.15) is 12.0 Å². The van der Waals surface area contributed by atoms with Gasteiger partial charge in [0, 0.05) is 36.9 Å². The van der Waals surface area contributed by atoms with E-state index in [0.717, 1.165) is 5.56 Å². The molecule has 142 valence electrons. The van der Waals surface area contributed by atoms with Gasteiger partial charge in [-0.15, -0.1) is 0 Å². The lowest BCUT2D eigenvalue weighted by Crippen LogP contribution is -2.49. The molecule has 1 fully saturated rings. The summed E-state index contributed by atoms with van der Waals surface area (Å²) in [5.74, 6) is -0.885. The van der Waals surface area contributed by atoms with Crippen molar-refractivity contribution in [2.45, 2.75) is 13.3 Å². The Bertz CT molecular complexity index is 851. The molecule has 0 radical (unpaired) electrons. The van der Waals surface area contributed by atoms with E-state index in [4.69, 9.17) is 11.6 Å². The van der Waals surface area contributed by atoms with Crippen molar-refractivity contribution >= 4 is 34.8 Å². The van der Waals surface area contributed by atoms with E-state index in [0.29, 0.717) is 42.6 Å². The molecule has 1 heterocycles. The van der Waals surface area contributed by atoms with Crippen molar-refractivity contribution in [2.24, 2.45) is 0 Å². The first-order chi connectivity index (χ1) is 12.9. The van der Waals surface area contributed by atoms with Crippen LogP contribution in [0.2, 0.25) is 5.02 Å². The number of piperazine rings is 1. The van der Waals surface area contributed by atoms with E-state index in [9.17, 15) is 14.0 Å². The van der Waals surface area contributed by atoms with Crippen molar-refractivity contribution in [1.29, 1.82) is 0 Å². The molecule has 1 aliphatic rings. The number of nitrogens with zero attached hydrogens (tertiary/aromatic N) is 2. The summed E-state index contributed by atoms with van der Waals surface area (Å²) in [6, 6.07) is 11.8. The van der Waals surface area contributed by atoms with Crippen molar-refractivity contribution in [3.05, 3.63) is 58.9 Å². The number of anilines is 2. The van der Waals surface area contributed by atoms with E-state index in [2.05, 4.69) is 5.32 Å². The third-order valence-electron chi connectivity index (χ3n) is 4.59. The SMILES string of the molecule is Cc1ccc(NC(=O)CC(=O)N2CCN(c3ccccc3F)CC2)cc1Cl. The van der Waals surface area contributed by atoms with Crippen LogP contribution in [0.15, 0.2) is 42.5 Å². The summed E-state index contributed by atoms with van der Waals surface area (Å²) < 4.78 is 13.9. The molecule has 0 spiro atoms. The molecule has 2 aromatic carbocycles. The summed E-state index contributed by atoms with van der Waals surface area (Å²) in [4.78, 5) is 28.1. The number of rotatable bonds is 4. The monoisotopic (exact) mass is 389 g/mol. The van der Waals surface area contributed by atoms with Crippen molar-refractivity contribution in [2.75, 3.05) is 36.4 Å². The van der Waals surface area contributed by atoms with E-state index in [1.807, 2.05) is 17.9 Å². The van der Waals surface area contributed by atoms with Crippen LogP contribution >= 0.6 is 11.6 Å². The number of aryl methyl sites for hydroxylation is 1. The fourth-order valence-electron chi connectivity index (χ4n) is 3.03. The van der Waals surface area contributed by atoms with Gasteiger partial charge in [-0.3, -0.25) is 9.59 Å². The second kappa shape index (κ2) is 8.39. The van der Waals surface area contributed by atoms with Gasteiger partial charge in [-0.05, 0) is 36.8 Å². The molecule has 1 N–H and O–H groups in total. The number of benzene rings is 2. The molecular weight excluding hydrogens is 369 g/mol. The number of carbonyl (C=O) groups is 2. The average Bonchev–Trinajstić information content (AvgIpc) is 2.65. The Labute approximate surface area is 162 Å². The third-order valence-corrected chi connectivity index (χ3v) is 5.00. The molecule has 7 heteroatoms. The first-order valence-electron chi connectivity index (χ1n) is 8.77. The Morgan fingerprint density at radius 1 is 1.11 bits per heavy atom. The highest BCUT2D eigenvalue weighted by Gasteiger charge is 2.24. The van der Waals surface area contributed by atoms with Gasteiger partial charge >= 0.3 is 0 Å². The van der Waals surface area contributed by atoms with Gasteiger partial charge in [0.15, 0.2) is 0 Å². The number of carbonyl (C=O) groups excluding carboxylic acids is 2. The van der Waals surface area contributed by atoms with Crippen LogP contribution < -0.4 is 10.2 Å². The molecule has 2 aromatic rings. The fraction of sp³-hybridized carbons (Fsp3) is 0.300. The number of hydrogen-bond acceptors (Lipinski definition) is 3. The van der Waals surface area contributed by atoms with Gasteiger partial charge in [0.05, 0.1) is 5.69 Å². The molecule has 1 saturated heterocycles. The Hall–Kier alpha value is -2.60. The summed E-state index contributed by atoms with van der Waals surface area (Å²) in [5, 5.41) is 3.25. The van der Waals surface area contributed by atoms with Crippen molar-refractivity contribution < 1.29 is 14.0 Å². The Morgan fingerprint density at radius 2 is 1.81 bits per heavy atom. The van der Waals surface area contributed by atoms with Crippen LogP contribution in [-0.4, -0.2) is 42.9 Å². The van der Waals surface area contributed by atoms with Crippen molar-refractivity contribution in [1.82, 2.24) is 4.90 Å². The summed E-state index contributed by atoms with van der Waals surface area (Å²) in [5.41, 5.74) is 2.02. The Kier molecular flexibility index (Phi) is 5.96. The lowest BCUT2D eigenvalue weighted by Gasteiger charge is -2.36. The van der Waals surface area contributed by atoms with Crippen LogP contribution in [0, 0.1) is 12.7 Å². The summed E-state index contributed by atoms with van der Waals surface area (Å²) >= 11 is 6.04. The minimum Gasteiger partial charge on any atom is -0.366 e. The van der Waals surface area contributed by atoms with Gasteiger partial charge in [0.1, 0.15) is 12.2 Å². The molecule has 0 aromatic heterocycles. The third kappa shape index (κ3) is 4.77. The molecule has 3 rings (SSSR count). The number of halogens is 2. The predicted molar refractivity (Wildman–Crippen MR) is 105 cm³/mol. The van der Waals surface area contributed by atoms with Crippen molar-refractivity contribution in [3.8, 4) is 0 Å². The molecule has 5 nitrogen and oxygen atoms in total. The molecule has 1 aliphatic heterocycles. The van der Waals surface area contributed by atoms with Crippen LogP contribution in [-0.2, 0) is 9.59 Å². The van der Waals surface area contributed by atoms with E-state index in [1.54, 1.807) is 35.2 Å². The maximum Gasteiger partial charge on any atom is 0.233 e. The summed E-state index contributed by atoms with van der Waals surface area (Å²) in [7, 11) is 0. The topological polar surface area (TPSA) is 52.7 Å². The van der Waals surface area contributed by atoms with Crippen LogP contribution in [0.3, 0.4) is 0 Å². The molecule has 0 saturated carbocycles. The lowest BCUT2D eigenvalue weighted by molar-refractivity contribution is -0.134. The van der Waals surface area contributed by atoms with Crippen molar-refractivity contribution in [3.63, 3.8) is 0 Å².